The Morgan fingerprint density at radius 1 is 1.11 bits per heavy atom. The van der Waals surface area contributed by atoms with Gasteiger partial charge >= 0.3 is 0 Å². The standard InChI is InChI=1S/C23H33N3O2/c1-17-5-7-20(22(12-17)27-3)8-6-19-11-18(2)14-26(15-19)16-21-13-23(28-4)25-10-9-24-21/h5,7,9-10,12,18-19H,6,8,11,13-16H2,1-4H3. The van der Waals surface area contributed by atoms with E-state index in [-0.39, 0.29) is 0 Å². The Morgan fingerprint density at radius 2 is 1.93 bits per heavy atom. The van der Waals surface area contributed by atoms with E-state index >= 15 is 0 Å². The Labute approximate surface area is 169 Å². The lowest BCUT2D eigenvalue weighted by Crippen LogP contribution is -2.42. The molecule has 0 spiro atoms. The second-order valence-electron chi connectivity index (χ2n) is 8.15. The van der Waals surface area contributed by atoms with Crippen LogP contribution in [0.2, 0.25) is 0 Å². The lowest BCUT2D eigenvalue weighted by atomic mass is 9.86. The van der Waals surface area contributed by atoms with Crippen LogP contribution >= 0.6 is 0 Å². The second-order valence-corrected chi connectivity index (χ2v) is 8.15. The van der Waals surface area contributed by atoms with Crippen molar-refractivity contribution in [2.24, 2.45) is 21.8 Å². The predicted octanol–water partition coefficient (Wildman–Crippen LogP) is 4.26. The molecule has 5 nitrogen and oxygen atoms in total. The third-order valence-corrected chi connectivity index (χ3v) is 5.63. The van der Waals surface area contributed by atoms with Crippen molar-refractivity contribution in [2.75, 3.05) is 33.9 Å². The van der Waals surface area contributed by atoms with Gasteiger partial charge in [0, 0.05) is 37.7 Å². The van der Waals surface area contributed by atoms with Crippen LogP contribution in [0.1, 0.15) is 37.3 Å². The molecule has 1 aromatic rings. The summed E-state index contributed by atoms with van der Waals surface area (Å²) in [5, 5.41) is 0. The van der Waals surface area contributed by atoms with Crippen molar-refractivity contribution in [1.82, 2.24) is 4.90 Å². The predicted molar refractivity (Wildman–Crippen MR) is 115 cm³/mol. The lowest BCUT2D eigenvalue weighted by molar-refractivity contribution is 0.144. The third-order valence-electron chi connectivity index (χ3n) is 5.63. The fraction of sp³-hybridized carbons (Fsp3) is 0.565. The molecule has 0 radical (unpaired) electrons. The minimum atomic E-state index is 0.694. The molecule has 2 atom stereocenters. The third kappa shape index (κ3) is 5.68. The van der Waals surface area contributed by atoms with Crippen molar-refractivity contribution in [3.63, 3.8) is 0 Å². The summed E-state index contributed by atoms with van der Waals surface area (Å²) in [5.74, 6) is 3.16. The Bertz CT molecular complexity index is 754. The molecule has 0 bridgehead atoms. The van der Waals surface area contributed by atoms with Gasteiger partial charge in [0.15, 0.2) is 5.90 Å². The quantitative estimate of drug-likeness (QED) is 0.737. The molecule has 2 heterocycles. The topological polar surface area (TPSA) is 46.4 Å². The molecule has 2 aliphatic rings. The largest absolute Gasteiger partial charge is 0.496 e. The van der Waals surface area contributed by atoms with Gasteiger partial charge in [0.05, 0.1) is 20.6 Å². The van der Waals surface area contributed by atoms with E-state index in [2.05, 4.69) is 46.9 Å². The summed E-state index contributed by atoms with van der Waals surface area (Å²) in [5.41, 5.74) is 3.69. The Kier molecular flexibility index (Phi) is 7.26. The van der Waals surface area contributed by atoms with Crippen LogP contribution in [-0.2, 0) is 11.2 Å². The van der Waals surface area contributed by atoms with E-state index in [1.807, 2.05) is 0 Å². The Balaban J connectivity index is 1.58. The van der Waals surface area contributed by atoms with Crippen molar-refractivity contribution < 1.29 is 9.47 Å². The van der Waals surface area contributed by atoms with Crippen LogP contribution in [0.3, 0.4) is 0 Å². The van der Waals surface area contributed by atoms with E-state index in [0.717, 1.165) is 43.4 Å². The van der Waals surface area contributed by atoms with Crippen molar-refractivity contribution in [3.05, 3.63) is 41.7 Å². The summed E-state index contributed by atoms with van der Waals surface area (Å²) in [6, 6.07) is 6.54. The van der Waals surface area contributed by atoms with Gasteiger partial charge in [0.1, 0.15) is 5.75 Å². The van der Waals surface area contributed by atoms with Crippen molar-refractivity contribution >= 4 is 11.6 Å². The van der Waals surface area contributed by atoms with Gasteiger partial charge in [-0.25, -0.2) is 4.99 Å². The summed E-state index contributed by atoms with van der Waals surface area (Å²) in [6.45, 7) is 7.62. The van der Waals surface area contributed by atoms with Crippen molar-refractivity contribution in [2.45, 2.75) is 39.5 Å². The van der Waals surface area contributed by atoms with Gasteiger partial charge in [-0.2, -0.15) is 0 Å². The molecule has 1 aromatic carbocycles. The molecule has 3 rings (SSSR count). The van der Waals surface area contributed by atoms with Gasteiger partial charge in [-0.05, 0) is 55.2 Å². The highest BCUT2D eigenvalue weighted by Crippen LogP contribution is 2.28. The van der Waals surface area contributed by atoms with Crippen LogP contribution in [0.4, 0.5) is 0 Å². The maximum Gasteiger partial charge on any atom is 0.193 e. The number of aliphatic imine (C=N–C) groups is 2. The second kappa shape index (κ2) is 9.87. The van der Waals surface area contributed by atoms with Crippen LogP contribution in [0.25, 0.3) is 0 Å². The molecule has 5 heteroatoms. The fourth-order valence-corrected chi connectivity index (χ4v) is 4.36. The van der Waals surface area contributed by atoms with Gasteiger partial charge in [0.25, 0.3) is 0 Å². The van der Waals surface area contributed by atoms with Gasteiger partial charge in [-0.1, -0.05) is 19.1 Å². The first-order chi connectivity index (χ1) is 13.6. The molecule has 2 aliphatic heterocycles. The smallest absolute Gasteiger partial charge is 0.193 e. The van der Waals surface area contributed by atoms with E-state index in [0.29, 0.717) is 18.3 Å². The highest BCUT2D eigenvalue weighted by molar-refractivity contribution is 6.03. The van der Waals surface area contributed by atoms with E-state index < -0.39 is 0 Å². The molecule has 2 unspecified atom stereocenters. The normalized spacial score (nSPS) is 23.0. The SMILES string of the molecule is COC1=NC=CN=C(CN2CC(C)CC(CCc3ccc(C)cc3OC)C2)C1. The number of benzene rings is 1. The van der Waals surface area contributed by atoms with Gasteiger partial charge in [0.2, 0.25) is 0 Å². The number of likely N-dealkylation sites (tertiary alicyclic amines) is 1. The first-order valence-corrected chi connectivity index (χ1v) is 10.2. The van der Waals surface area contributed by atoms with Crippen LogP contribution in [0, 0.1) is 18.8 Å². The number of rotatable bonds is 6. The summed E-state index contributed by atoms with van der Waals surface area (Å²) in [4.78, 5) is 11.4. The molecule has 0 aliphatic carbocycles. The molecule has 0 saturated carbocycles. The number of hydrogen-bond acceptors (Lipinski definition) is 5. The zero-order chi connectivity index (χ0) is 19.9. The molecule has 28 heavy (non-hydrogen) atoms. The van der Waals surface area contributed by atoms with E-state index in [9.17, 15) is 0 Å². The van der Waals surface area contributed by atoms with E-state index in [1.54, 1.807) is 26.6 Å². The number of aryl methyl sites for hydroxylation is 2. The average Bonchev–Trinajstić information content (AvgIpc) is 2.91. The summed E-state index contributed by atoms with van der Waals surface area (Å²) in [7, 11) is 3.44. The molecule has 1 fully saturated rings. The van der Waals surface area contributed by atoms with E-state index in [1.165, 1.54) is 24.0 Å². The molecule has 0 amide bonds. The maximum absolute atomic E-state index is 5.59. The Hall–Kier alpha value is -2.14. The molecular formula is C23H33N3O2. The minimum absolute atomic E-state index is 0.694. The summed E-state index contributed by atoms with van der Waals surface area (Å²) >= 11 is 0. The summed E-state index contributed by atoms with van der Waals surface area (Å²) in [6.07, 6.45) is 7.73. The van der Waals surface area contributed by atoms with Crippen molar-refractivity contribution in [3.8, 4) is 5.75 Å². The van der Waals surface area contributed by atoms with Crippen LogP contribution in [0.5, 0.6) is 5.75 Å². The average molecular weight is 384 g/mol. The lowest BCUT2D eigenvalue weighted by Gasteiger charge is -2.36. The zero-order valence-corrected chi connectivity index (χ0v) is 17.6. The van der Waals surface area contributed by atoms with Crippen molar-refractivity contribution in [1.29, 1.82) is 0 Å². The fourth-order valence-electron chi connectivity index (χ4n) is 4.36. The van der Waals surface area contributed by atoms with Crippen LogP contribution in [-0.4, -0.2) is 50.4 Å². The number of nitrogens with zero attached hydrogens (tertiary/aromatic N) is 3. The maximum atomic E-state index is 5.59. The Morgan fingerprint density at radius 3 is 2.71 bits per heavy atom. The first kappa shape index (κ1) is 20.6. The molecule has 1 saturated heterocycles. The number of ether oxygens (including phenoxy) is 2. The molecule has 0 aromatic heterocycles. The summed E-state index contributed by atoms with van der Waals surface area (Å²) < 4.78 is 10.9. The van der Waals surface area contributed by atoms with Gasteiger partial charge in [-0.3, -0.25) is 9.89 Å². The van der Waals surface area contributed by atoms with Gasteiger partial charge < -0.3 is 9.47 Å². The monoisotopic (exact) mass is 383 g/mol. The highest BCUT2D eigenvalue weighted by atomic mass is 16.5. The first-order valence-electron chi connectivity index (χ1n) is 10.2. The number of piperidine rings is 1. The van der Waals surface area contributed by atoms with Crippen LogP contribution < -0.4 is 4.74 Å². The van der Waals surface area contributed by atoms with Gasteiger partial charge in [-0.15, -0.1) is 0 Å². The molecule has 0 N–H and O–H groups in total. The zero-order valence-electron chi connectivity index (χ0n) is 17.6. The minimum Gasteiger partial charge on any atom is -0.496 e. The van der Waals surface area contributed by atoms with E-state index in [4.69, 9.17) is 9.47 Å². The number of methoxy groups -OCH3 is 2. The van der Waals surface area contributed by atoms with Crippen LogP contribution in [0.15, 0.2) is 40.6 Å². The molecular weight excluding hydrogens is 350 g/mol. The highest BCUT2D eigenvalue weighted by Gasteiger charge is 2.26. The molecule has 152 valence electrons. The number of hydrogen-bond donors (Lipinski definition) is 0.